The van der Waals surface area contributed by atoms with Crippen LogP contribution < -0.4 is 5.73 Å². The summed E-state index contributed by atoms with van der Waals surface area (Å²) in [5, 5.41) is 11.2. The molecule has 8 heteroatoms. The number of rotatable bonds is 2. The predicted octanol–water partition coefficient (Wildman–Crippen LogP) is 0.968. The zero-order valence-corrected chi connectivity index (χ0v) is 7.67. The van der Waals surface area contributed by atoms with Crippen LogP contribution in [0.25, 0.3) is 0 Å². The summed E-state index contributed by atoms with van der Waals surface area (Å²) >= 11 is 9.98. The third-order valence-corrected chi connectivity index (χ3v) is 1.65. The highest BCUT2D eigenvalue weighted by Gasteiger charge is 2.20. The maximum Gasteiger partial charge on any atom is 0.348 e. The Hall–Kier alpha value is -1.34. The molecule has 0 aliphatic rings. The van der Waals surface area contributed by atoms with Gasteiger partial charge in [0.1, 0.15) is 0 Å². The molecule has 0 aliphatic carbocycles. The van der Waals surface area contributed by atoms with Gasteiger partial charge in [0.15, 0.2) is 5.82 Å². The average molecular weight is 219 g/mol. The third kappa shape index (κ3) is 1.87. The Labute approximate surface area is 82.9 Å². The van der Waals surface area contributed by atoms with E-state index in [9.17, 15) is 10.1 Å². The van der Waals surface area contributed by atoms with Crippen LogP contribution in [0, 0.1) is 10.1 Å². The normalized spacial score (nSPS) is 9.62. The highest BCUT2D eigenvalue weighted by Crippen LogP contribution is 2.26. The van der Waals surface area contributed by atoms with Crippen molar-refractivity contribution in [2.45, 2.75) is 0 Å². The Balaban J connectivity index is 3.39. The molecule has 1 rings (SSSR count). The molecular weight excluding hydrogens is 216 g/mol. The van der Waals surface area contributed by atoms with Crippen LogP contribution in [0.5, 0.6) is 0 Å². The van der Waals surface area contributed by atoms with Crippen molar-refractivity contribution >= 4 is 40.7 Å². The van der Waals surface area contributed by atoms with E-state index in [0.29, 0.717) is 0 Å². The predicted molar refractivity (Wildman–Crippen MR) is 50.9 cm³/mol. The highest BCUT2D eigenvalue weighted by atomic mass is 35.5. The van der Waals surface area contributed by atoms with Crippen LogP contribution in [-0.2, 0) is 0 Å². The smallest absolute Gasteiger partial charge is 0.348 e. The van der Waals surface area contributed by atoms with Crippen LogP contribution in [0.2, 0.25) is 5.15 Å². The summed E-state index contributed by atoms with van der Waals surface area (Å²) in [6.07, 6.45) is 0. The molecular formula is C5H3ClN4O2S. The minimum absolute atomic E-state index is 0.0862. The van der Waals surface area contributed by atoms with Gasteiger partial charge < -0.3 is 5.73 Å². The standard InChI is InChI=1S/C5H3ClN4O2S/c6-4-3(10(11)12)5(7)9-2(1-13)8-4/h1H,(H2,7,8,9). The van der Waals surface area contributed by atoms with Gasteiger partial charge in [0.2, 0.25) is 11.0 Å². The molecule has 0 radical (unpaired) electrons. The molecule has 1 heterocycles. The molecule has 0 aromatic carbocycles. The van der Waals surface area contributed by atoms with E-state index in [1.54, 1.807) is 0 Å². The Bertz CT molecular complexity index is 360. The van der Waals surface area contributed by atoms with Crippen molar-refractivity contribution in [1.29, 1.82) is 0 Å². The Morgan fingerprint density at radius 2 is 2.23 bits per heavy atom. The second kappa shape index (κ2) is 3.58. The maximum atomic E-state index is 10.4. The Kier molecular flexibility index (Phi) is 2.69. The van der Waals surface area contributed by atoms with Crippen molar-refractivity contribution in [2.75, 3.05) is 5.73 Å². The number of halogens is 1. The lowest BCUT2D eigenvalue weighted by atomic mass is 10.5. The van der Waals surface area contributed by atoms with E-state index in [2.05, 4.69) is 22.2 Å². The fourth-order valence-corrected chi connectivity index (χ4v) is 1.04. The van der Waals surface area contributed by atoms with Gasteiger partial charge in [-0.3, -0.25) is 10.1 Å². The molecule has 0 unspecified atom stereocenters. The maximum absolute atomic E-state index is 10.4. The molecule has 68 valence electrons. The van der Waals surface area contributed by atoms with Gasteiger partial charge in [-0.05, 0) is 0 Å². The molecule has 0 amide bonds. The molecule has 0 spiro atoms. The lowest BCUT2D eigenvalue weighted by molar-refractivity contribution is -0.384. The number of nitrogens with zero attached hydrogens (tertiary/aromatic N) is 3. The quantitative estimate of drug-likeness (QED) is 0.344. The van der Waals surface area contributed by atoms with E-state index < -0.39 is 10.6 Å². The monoisotopic (exact) mass is 218 g/mol. The van der Waals surface area contributed by atoms with Gasteiger partial charge in [0.25, 0.3) is 0 Å². The minimum Gasteiger partial charge on any atom is -0.378 e. The summed E-state index contributed by atoms with van der Waals surface area (Å²) < 4.78 is 0. The van der Waals surface area contributed by atoms with Gasteiger partial charge >= 0.3 is 5.69 Å². The fourth-order valence-electron chi connectivity index (χ4n) is 0.682. The first kappa shape index (κ1) is 9.75. The first-order chi connectivity index (χ1) is 6.06. The molecule has 0 atom stereocenters. The number of aromatic nitrogens is 2. The number of anilines is 1. The molecule has 0 fully saturated rings. The van der Waals surface area contributed by atoms with Gasteiger partial charge in [-0.15, -0.1) is 0 Å². The molecule has 0 aliphatic heterocycles. The molecule has 13 heavy (non-hydrogen) atoms. The lowest BCUT2D eigenvalue weighted by Crippen LogP contribution is -2.04. The summed E-state index contributed by atoms with van der Waals surface area (Å²) in [7, 11) is 0. The van der Waals surface area contributed by atoms with Crippen LogP contribution >= 0.6 is 23.8 Å². The van der Waals surface area contributed by atoms with Crippen LogP contribution in [0.3, 0.4) is 0 Å². The summed E-state index contributed by atoms with van der Waals surface area (Å²) in [5.74, 6) is -0.204. The Morgan fingerprint density at radius 1 is 1.62 bits per heavy atom. The largest absolute Gasteiger partial charge is 0.378 e. The topological polar surface area (TPSA) is 94.9 Å². The zero-order chi connectivity index (χ0) is 10.0. The highest BCUT2D eigenvalue weighted by molar-refractivity contribution is 7.79. The minimum atomic E-state index is -0.745. The van der Waals surface area contributed by atoms with Crippen molar-refractivity contribution in [3.05, 3.63) is 21.1 Å². The Morgan fingerprint density at radius 3 is 2.62 bits per heavy atom. The number of thiocarbonyl (C=S) groups is 1. The van der Waals surface area contributed by atoms with Crippen molar-refractivity contribution < 1.29 is 4.92 Å². The first-order valence-corrected chi connectivity index (χ1v) is 3.83. The number of nitrogens with two attached hydrogens (primary N) is 1. The van der Waals surface area contributed by atoms with Crippen LogP contribution in [0.15, 0.2) is 0 Å². The van der Waals surface area contributed by atoms with E-state index >= 15 is 0 Å². The van der Waals surface area contributed by atoms with Crippen LogP contribution in [0.1, 0.15) is 5.82 Å². The lowest BCUT2D eigenvalue weighted by Gasteiger charge is -1.98. The summed E-state index contributed by atoms with van der Waals surface area (Å²) in [4.78, 5) is 16.7. The van der Waals surface area contributed by atoms with Gasteiger partial charge in [-0.2, -0.15) is 0 Å². The molecule has 1 aromatic rings. The average Bonchev–Trinajstić information content (AvgIpc) is 2.02. The van der Waals surface area contributed by atoms with Gasteiger partial charge in [0.05, 0.1) is 4.92 Å². The van der Waals surface area contributed by atoms with Crippen molar-refractivity contribution in [3.8, 4) is 0 Å². The van der Waals surface area contributed by atoms with Gasteiger partial charge in [-0.1, -0.05) is 23.8 Å². The second-order valence-electron chi connectivity index (χ2n) is 1.98. The number of hydrogen-bond donors (Lipinski definition) is 1. The third-order valence-electron chi connectivity index (χ3n) is 1.17. The number of nitrogen functional groups attached to an aromatic ring is 1. The van der Waals surface area contributed by atoms with Gasteiger partial charge in [0, 0.05) is 5.37 Å². The van der Waals surface area contributed by atoms with Crippen LogP contribution in [-0.4, -0.2) is 20.3 Å². The molecule has 1 aromatic heterocycles. The van der Waals surface area contributed by atoms with Gasteiger partial charge in [-0.25, -0.2) is 9.97 Å². The molecule has 6 nitrogen and oxygen atoms in total. The fraction of sp³-hybridized carbons (Fsp3) is 0. The molecule has 0 bridgehead atoms. The van der Waals surface area contributed by atoms with E-state index in [4.69, 9.17) is 17.3 Å². The first-order valence-electron chi connectivity index (χ1n) is 2.99. The zero-order valence-electron chi connectivity index (χ0n) is 6.10. The molecule has 0 saturated carbocycles. The summed E-state index contributed by atoms with van der Waals surface area (Å²) in [6, 6.07) is 0. The number of nitro groups is 1. The van der Waals surface area contributed by atoms with E-state index in [0.717, 1.165) is 5.37 Å². The van der Waals surface area contributed by atoms with Crippen molar-refractivity contribution in [2.24, 2.45) is 0 Å². The summed E-state index contributed by atoms with van der Waals surface area (Å²) in [6.45, 7) is 0. The van der Waals surface area contributed by atoms with E-state index in [-0.39, 0.29) is 16.8 Å². The SMILES string of the molecule is Nc1nc(C=S)nc(Cl)c1[N+](=O)[O-]. The van der Waals surface area contributed by atoms with E-state index in [1.165, 1.54) is 0 Å². The van der Waals surface area contributed by atoms with E-state index in [1.807, 2.05) is 0 Å². The van der Waals surface area contributed by atoms with Crippen LogP contribution in [0.4, 0.5) is 11.5 Å². The number of hydrogen-bond acceptors (Lipinski definition) is 6. The summed E-state index contributed by atoms with van der Waals surface area (Å²) in [5.41, 5.74) is 4.76. The second-order valence-corrected chi connectivity index (χ2v) is 2.58. The molecule has 0 saturated heterocycles. The van der Waals surface area contributed by atoms with Crippen molar-refractivity contribution in [1.82, 2.24) is 9.97 Å². The van der Waals surface area contributed by atoms with Crippen molar-refractivity contribution in [3.63, 3.8) is 0 Å². The molecule has 2 N–H and O–H groups in total.